The van der Waals surface area contributed by atoms with Crippen molar-refractivity contribution in [1.29, 1.82) is 0 Å². The van der Waals surface area contributed by atoms with Crippen LogP contribution in [0.15, 0.2) is 77.7 Å². The van der Waals surface area contributed by atoms with Crippen LogP contribution in [-0.2, 0) is 15.4 Å². The van der Waals surface area contributed by atoms with Crippen LogP contribution in [0.25, 0.3) is 0 Å². The SMILES string of the molecule is Cc1cccc(N(C(=O)c2ccc(C(C)(C)C)cc2)S(=O)(=O)c2ccccc2)c1C. The van der Waals surface area contributed by atoms with Crippen molar-refractivity contribution in [3.05, 3.63) is 95.1 Å². The number of amides is 1. The minimum absolute atomic E-state index is 0.0650. The first-order valence-electron chi connectivity index (χ1n) is 9.85. The van der Waals surface area contributed by atoms with Crippen LogP contribution in [0.1, 0.15) is 47.8 Å². The fraction of sp³-hybridized carbons (Fsp3) is 0.240. The molecule has 0 fully saturated rings. The average molecular weight is 422 g/mol. The smallest absolute Gasteiger partial charge is 0.268 e. The topological polar surface area (TPSA) is 54.5 Å². The number of benzene rings is 3. The zero-order chi connectivity index (χ0) is 22.1. The quantitative estimate of drug-likeness (QED) is 0.548. The van der Waals surface area contributed by atoms with E-state index < -0.39 is 15.9 Å². The lowest BCUT2D eigenvalue weighted by molar-refractivity contribution is 0.100. The predicted octanol–water partition coefficient (Wildman–Crippen LogP) is 5.64. The van der Waals surface area contributed by atoms with Crippen LogP contribution in [0.5, 0.6) is 0 Å². The van der Waals surface area contributed by atoms with E-state index in [-0.39, 0.29) is 10.3 Å². The summed E-state index contributed by atoms with van der Waals surface area (Å²) < 4.78 is 28.0. The predicted molar refractivity (Wildman–Crippen MR) is 121 cm³/mol. The maximum Gasteiger partial charge on any atom is 0.272 e. The van der Waals surface area contributed by atoms with Crippen molar-refractivity contribution in [2.45, 2.75) is 44.9 Å². The monoisotopic (exact) mass is 421 g/mol. The second-order valence-electron chi connectivity index (χ2n) is 8.43. The molecule has 30 heavy (non-hydrogen) atoms. The van der Waals surface area contributed by atoms with Gasteiger partial charge in [-0.05, 0) is 66.3 Å². The van der Waals surface area contributed by atoms with E-state index >= 15 is 0 Å². The van der Waals surface area contributed by atoms with Crippen LogP contribution >= 0.6 is 0 Å². The van der Waals surface area contributed by atoms with Crippen molar-refractivity contribution >= 4 is 21.6 Å². The summed E-state index contributed by atoms with van der Waals surface area (Å²) in [6.45, 7) is 9.99. The summed E-state index contributed by atoms with van der Waals surface area (Å²) in [5.41, 5.74) is 3.36. The molecule has 0 bridgehead atoms. The third-order valence-electron chi connectivity index (χ3n) is 5.26. The summed E-state index contributed by atoms with van der Waals surface area (Å²) in [5.74, 6) is -0.576. The molecule has 0 aliphatic rings. The molecule has 0 atom stereocenters. The van der Waals surface area contributed by atoms with Gasteiger partial charge < -0.3 is 0 Å². The van der Waals surface area contributed by atoms with E-state index in [1.807, 2.05) is 32.0 Å². The van der Waals surface area contributed by atoms with Crippen molar-refractivity contribution in [3.63, 3.8) is 0 Å². The van der Waals surface area contributed by atoms with Gasteiger partial charge in [0.15, 0.2) is 0 Å². The summed E-state index contributed by atoms with van der Waals surface area (Å²) in [5, 5.41) is 0. The molecule has 0 spiro atoms. The Kier molecular flexibility index (Phi) is 5.86. The Balaban J connectivity index is 2.17. The number of hydrogen-bond acceptors (Lipinski definition) is 3. The Morgan fingerprint density at radius 1 is 0.800 bits per heavy atom. The van der Waals surface area contributed by atoms with E-state index in [9.17, 15) is 13.2 Å². The second-order valence-corrected chi connectivity index (χ2v) is 10.2. The van der Waals surface area contributed by atoms with Crippen molar-refractivity contribution in [2.75, 3.05) is 4.31 Å². The Hall–Kier alpha value is -2.92. The van der Waals surface area contributed by atoms with Gasteiger partial charge in [-0.15, -0.1) is 0 Å². The van der Waals surface area contributed by atoms with Crippen molar-refractivity contribution < 1.29 is 13.2 Å². The first-order chi connectivity index (χ1) is 14.0. The zero-order valence-corrected chi connectivity index (χ0v) is 18.8. The lowest BCUT2D eigenvalue weighted by atomic mass is 9.86. The highest BCUT2D eigenvalue weighted by atomic mass is 32.2. The molecule has 0 radical (unpaired) electrons. The van der Waals surface area contributed by atoms with Gasteiger partial charge in [-0.1, -0.05) is 63.2 Å². The Bertz CT molecular complexity index is 1160. The van der Waals surface area contributed by atoms with Gasteiger partial charge in [-0.3, -0.25) is 4.79 Å². The fourth-order valence-electron chi connectivity index (χ4n) is 3.23. The molecule has 5 heteroatoms. The molecule has 0 heterocycles. The Morgan fingerprint density at radius 2 is 1.40 bits per heavy atom. The van der Waals surface area contributed by atoms with Gasteiger partial charge in [0.25, 0.3) is 15.9 Å². The maximum atomic E-state index is 13.5. The lowest BCUT2D eigenvalue weighted by Crippen LogP contribution is -2.37. The highest BCUT2D eigenvalue weighted by molar-refractivity contribution is 7.93. The van der Waals surface area contributed by atoms with Crippen molar-refractivity contribution in [1.82, 2.24) is 0 Å². The highest BCUT2D eigenvalue weighted by Crippen LogP contribution is 2.31. The number of rotatable bonds is 4. The minimum atomic E-state index is -4.10. The molecule has 0 aliphatic heterocycles. The number of aryl methyl sites for hydroxylation is 1. The number of anilines is 1. The zero-order valence-electron chi connectivity index (χ0n) is 18.0. The molecular weight excluding hydrogens is 394 g/mol. The van der Waals surface area contributed by atoms with Crippen molar-refractivity contribution in [2.24, 2.45) is 0 Å². The summed E-state index contributed by atoms with van der Waals surface area (Å²) in [7, 11) is -4.10. The molecule has 0 N–H and O–H groups in total. The first-order valence-corrected chi connectivity index (χ1v) is 11.3. The largest absolute Gasteiger partial charge is 0.272 e. The van der Waals surface area contributed by atoms with Gasteiger partial charge in [-0.2, -0.15) is 4.31 Å². The van der Waals surface area contributed by atoms with Crippen LogP contribution < -0.4 is 4.31 Å². The number of hydrogen-bond donors (Lipinski definition) is 0. The summed E-state index contributed by atoms with van der Waals surface area (Å²) in [4.78, 5) is 13.6. The molecule has 156 valence electrons. The van der Waals surface area contributed by atoms with Crippen LogP contribution in [-0.4, -0.2) is 14.3 Å². The Morgan fingerprint density at radius 3 is 1.97 bits per heavy atom. The fourth-order valence-corrected chi connectivity index (χ4v) is 4.72. The molecule has 0 saturated heterocycles. The minimum Gasteiger partial charge on any atom is -0.268 e. The molecule has 0 unspecified atom stereocenters. The first kappa shape index (κ1) is 21.8. The van der Waals surface area contributed by atoms with Gasteiger partial charge in [0.05, 0.1) is 10.6 Å². The molecule has 4 nitrogen and oxygen atoms in total. The van der Waals surface area contributed by atoms with Crippen LogP contribution in [0.2, 0.25) is 0 Å². The van der Waals surface area contributed by atoms with E-state index in [2.05, 4.69) is 20.8 Å². The Labute approximate surface area is 179 Å². The van der Waals surface area contributed by atoms with Gasteiger partial charge in [0.2, 0.25) is 0 Å². The molecule has 3 aromatic rings. The second kappa shape index (κ2) is 8.07. The van der Waals surface area contributed by atoms with Gasteiger partial charge in [0, 0.05) is 5.56 Å². The highest BCUT2D eigenvalue weighted by Gasteiger charge is 2.33. The van der Waals surface area contributed by atoms with E-state index in [1.165, 1.54) is 12.1 Å². The number of nitrogens with zero attached hydrogens (tertiary/aromatic N) is 1. The summed E-state index contributed by atoms with van der Waals surface area (Å²) in [6, 6.07) is 20.5. The summed E-state index contributed by atoms with van der Waals surface area (Å²) in [6.07, 6.45) is 0. The molecule has 1 amide bonds. The number of carbonyl (C=O) groups excluding carboxylic acids is 1. The maximum absolute atomic E-state index is 13.5. The molecular formula is C25H27NO3S. The van der Waals surface area contributed by atoms with Crippen molar-refractivity contribution in [3.8, 4) is 0 Å². The number of carbonyl (C=O) groups is 1. The van der Waals surface area contributed by atoms with Crippen LogP contribution in [0.3, 0.4) is 0 Å². The third-order valence-corrected chi connectivity index (χ3v) is 6.97. The molecule has 3 aromatic carbocycles. The molecule has 0 aliphatic carbocycles. The van der Waals surface area contributed by atoms with E-state index in [1.54, 1.807) is 42.5 Å². The molecule has 0 aromatic heterocycles. The molecule has 3 rings (SSSR count). The lowest BCUT2D eigenvalue weighted by Gasteiger charge is -2.25. The van der Waals surface area contributed by atoms with Crippen LogP contribution in [0.4, 0.5) is 5.69 Å². The third kappa shape index (κ3) is 4.17. The number of sulfonamides is 1. The summed E-state index contributed by atoms with van der Waals surface area (Å²) >= 11 is 0. The van der Waals surface area contributed by atoms with Gasteiger partial charge in [-0.25, -0.2) is 8.42 Å². The van der Waals surface area contributed by atoms with Gasteiger partial charge >= 0.3 is 0 Å². The normalized spacial score (nSPS) is 11.9. The van der Waals surface area contributed by atoms with Crippen LogP contribution in [0, 0.1) is 13.8 Å². The average Bonchev–Trinajstić information content (AvgIpc) is 2.71. The molecule has 0 saturated carbocycles. The van der Waals surface area contributed by atoms with E-state index in [4.69, 9.17) is 0 Å². The standard InChI is InChI=1S/C25H27NO3S/c1-18-10-9-13-23(19(18)2)26(30(28,29)22-11-7-6-8-12-22)24(27)20-14-16-21(17-15-20)25(3,4)5/h6-17H,1-5H3. The van der Waals surface area contributed by atoms with Gasteiger partial charge in [0.1, 0.15) is 0 Å². The van der Waals surface area contributed by atoms with E-state index in [0.717, 1.165) is 21.0 Å². The van der Waals surface area contributed by atoms with E-state index in [0.29, 0.717) is 11.3 Å².